The van der Waals surface area contributed by atoms with Gasteiger partial charge in [0.25, 0.3) is 0 Å². The van der Waals surface area contributed by atoms with Gasteiger partial charge in [0.15, 0.2) is 23.0 Å². The van der Waals surface area contributed by atoms with Crippen LogP contribution in [0.15, 0.2) is 42.5 Å². The number of amides is 1. The molecule has 3 aromatic carbocycles. The average Bonchev–Trinajstić information content (AvgIpc) is 3.68. The van der Waals surface area contributed by atoms with Crippen molar-refractivity contribution in [2.75, 3.05) is 26.3 Å². The summed E-state index contributed by atoms with van der Waals surface area (Å²) >= 11 is 0.992. The zero-order chi connectivity index (χ0) is 41.2. The van der Waals surface area contributed by atoms with Gasteiger partial charge < -0.3 is 44.2 Å². The van der Waals surface area contributed by atoms with Crippen LogP contribution in [0, 0.1) is 13.8 Å². The first kappa shape index (κ1) is 39.5. The van der Waals surface area contributed by atoms with Crippen LogP contribution in [-0.4, -0.2) is 90.6 Å². The Morgan fingerprint density at radius 2 is 1.76 bits per heavy atom. The number of aliphatic hydroxyl groups is 1. The maximum Gasteiger partial charge on any atom is 0.471 e. The normalized spacial score (nSPS) is 25.9. The highest BCUT2D eigenvalue weighted by molar-refractivity contribution is 7.99. The van der Waals surface area contributed by atoms with Crippen molar-refractivity contribution in [3.8, 4) is 28.7 Å². The lowest BCUT2D eigenvalue weighted by Crippen LogP contribution is -2.69. The Balaban J connectivity index is 1.32. The van der Waals surface area contributed by atoms with Crippen LogP contribution in [0.4, 0.5) is 13.2 Å². The van der Waals surface area contributed by atoms with Crippen molar-refractivity contribution in [3.63, 3.8) is 0 Å². The summed E-state index contributed by atoms with van der Waals surface area (Å²) in [7, 11) is 1.44. The first-order valence-electron chi connectivity index (χ1n) is 18.3. The van der Waals surface area contributed by atoms with Crippen LogP contribution in [-0.2, 0) is 30.3 Å². The fourth-order valence-corrected chi connectivity index (χ4v) is 10.2. The molecule has 7 atom stereocenters. The Morgan fingerprint density at radius 3 is 2.47 bits per heavy atom. The van der Waals surface area contributed by atoms with Gasteiger partial charge in [-0.05, 0) is 43.0 Å². The van der Waals surface area contributed by atoms with Gasteiger partial charge in [0.05, 0.1) is 30.5 Å². The highest BCUT2D eigenvalue weighted by Gasteiger charge is 2.59. The van der Waals surface area contributed by atoms with Crippen LogP contribution in [0.5, 0.6) is 28.7 Å². The van der Waals surface area contributed by atoms with Gasteiger partial charge in [0.1, 0.15) is 24.6 Å². The number of esters is 3. The zero-order valence-electron chi connectivity index (χ0n) is 31.5. The highest BCUT2D eigenvalue weighted by Crippen LogP contribution is 2.62. The van der Waals surface area contributed by atoms with E-state index in [4.69, 9.17) is 28.4 Å². The second-order valence-corrected chi connectivity index (χ2v) is 15.6. The third-order valence-corrected chi connectivity index (χ3v) is 12.3. The summed E-state index contributed by atoms with van der Waals surface area (Å²) in [6, 6.07) is 5.95. The van der Waals surface area contributed by atoms with Crippen molar-refractivity contribution in [2.45, 2.75) is 75.1 Å². The molecule has 5 aliphatic rings. The van der Waals surface area contributed by atoms with Crippen LogP contribution >= 0.6 is 11.8 Å². The molecular weight excluding hydrogens is 788 g/mol. The second-order valence-electron chi connectivity index (χ2n) is 14.5. The van der Waals surface area contributed by atoms with Crippen LogP contribution in [0.3, 0.4) is 0 Å². The second kappa shape index (κ2) is 15.1. The number of hydrogen-bond donors (Lipinski definition) is 3. The predicted octanol–water partition coefficient (Wildman–Crippen LogP) is 4.28. The topological polar surface area (TPSA) is 171 Å². The molecule has 0 aliphatic carbocycles. The number of halogens is 3. The number of carbonyl (C=O) groups is 4. The van der Waals surface area contributed by atoms with Gasteiger partial charge in [-0.25, -0.2) is 9.59 Å². The zero-order valence-corrected chi connectivity index (χ0v) is 32.3. The molecule has 5 aliphatic heterocycles. The summed E-state index contributed by atoms with van der Waals surface area (Å²) < 4.78 is 76.0. The Kier molecular flexibility index (Phi) is 10.3. The number of aryl methyl sites for hydroxylation is 1. The Hall–Kier alpha value is -5.30. The number of nitrogens with one attached hydrogen (secondary N) is 2. The largest absolute Gasteiger partial charge is 0.493 e. The van der Waals surface area contributed by atoms with E-state index in [0.29, 0.717) is 27.8 Å². The molecule has 1 amide bonds. The van der Waals surface area contributed by atoms with Gasteiger partial charge in [0.2, 0.25) is 6.79 Å². The number of cyclic esters (lactones) is 1. The minimum Gasteiger partial charge on any atom is -0.493 e. The molecule has 0 spiro atoms. The average molecular weight is 826 g/mol. The molecule has 3 aromatic rings. The molecular formula is C40H38F3N3O11S. The maximum atomic E-state index is 13.6. The minimum atomic E-state index is -5.29. The fourth-order valence-electron chi connectivity index (χ4n) is 8.67. The van der Waals surface area contributed by atoms with Crippen molar-refractivity contribution in [1.29, 1.82) is 0 Å². The number of methoxy groups -OCH3 is 1. The lowest BCUT2D eigenvalue weighted by molar-refractivity contribution is -0.176. The van der Waals surface area contributed by atoms with E-state index in [2.05, 4.69) is 5.32 Å². The number of carbonyl (C=O) groups excluding carboxylic acids is 4. The van der Waals surface area contributed by atoms with Gasteiger partial charge in [0, 0.05) is 47.0 Å². The van der Waals surface area contributed by atoms with Crippen molar-refractivity contribution in [1.82, 2.24) is 15.5 Å². The number of alkyl halides is 3. The van der Waals surface area contributed by atoms with Crippen molar-refractivity contribution < 1.29 is 65.9 Å². The van der Waals surface area contributed by atoms with E-state index in [-0.39, 0.29) is 42.0 Å². The molecule has 0 aromatic heterocycles. The van der Waals surface area contributed by atoms with E-state index in [1.807, 2.05) is 36.4 Å². The number of benzene rings is 3. The summed E-state index contributed by atoms with van der Waals surface area (Å²) in [5, 5.41) is 16.7. The number of fused-ring (bicyclic) bond motifs is 9. The van der Waals surface area contributed by atoms with Gasteiger partial charge in [-0.3, -0.25) is 14.5 Å². The van der Waals surface area contributed by atoms with E-state index in [0.717, 1.165) is 22.9 Å². The first-order valence-corrected chi connectivity index (χ1v) is 19.4. The molecule has 306 valence electrons. The van der Waals surface area contributed by atoms with E-state index in [1.165, 1.54) is 20.1 Å². The molecule has 0 radical (unpaired) electrons. The molecule has 2 saturated heterocycles. The predicted molar refractivity (Wildman–Crippen MR) is 199 cm³/mol. The third kappa shape index (κ3) is 6.80. The number of aliphatic hydroxyl groups excluding tert-OH is 1. The number of rotatable bonds is 6. The van der Waals surface area contributed by atoms with Gasteiger partial charge in [-0.1, -0.05) is 36.4 Å². The molecule has 5 heterocycles. The standard InChI is InChI=1S/C40H38F3N3O11S/c1-17-12-21-13-22-37(49)46-24-14-53-38(50)23(45-39(51)40(41,42)43)15-58-36(28-27(24)34-33(54-16-55-34)18(2)32(28)56-19(3)47)30(46)29(44-22)26(21)35(31(17)52-4)57-25(48)11-10-20-8-6-5-7-9-20/h5-12,22-24,29-30,36-37,44,49H,13-16H2,1-4H3,(H,45,51)/b11-10+/t22-,23?,24-,29+,30?,36+,37-/m0/s1. The van der Waals surface area contributed by atoms with E-state index >= 15 is 0 Å². The van der Waals surface area contributed by atoms with E-state index in [1.54, 1.807) is 30.1 Å². The van der Waals surface area contributed by atoms with Crippen LogP contribution in [0.1, 0.15) is 63.2 Å². The summed E-state index contributed by atoms with van der Waals surface area (Å²) in [5.41, 5.74) is 3.88. The monoisotopic (exact) mass is 825 g/mol. The summed E-state index contributed by atoms with van der Waals surface area (Å²) in [4.78, 5) is 53.7. The lowest BCUT2D eigenvalue weighted by Gasteiger charge is -2.59. The maximum absolute atomic E-state index is 13.6. The van der Waals surface area contributed by atoms with Crippen molar-refractivity contribution in [3.05, 3.63) is 81.4 Å². The van der Waals surface area contributed by atoms with Gasteiger partial charge >= 0.3 is 30.0 Å². The fraction of sp³-hybridized carbons (Fsp3) is 0.400. The summed E-state index contributed by atoms with van der Waals surface area (Å²) in [6.07, 6.45) is -3.39. The molecule has 2 fully saturated rings. The van der Waals surface area contributed by atoms with Crippen LogP contribution in [0.2, 0.25) is 0 Å². The van der Waals surface area contributed by atoms with Gasteiger partial charge in [-0.15, -0.1) is 11.8 Å². The number of ether oxygens (including phenoxy) is 6. The third-order valence-electron chi connectivity index (χ3n) is 10.9. The minimum absolute atomic E-state index is 0.100. The SMILES string of the molecule is COc1c(C)cc2c(c1OC(=O)/C=C/c1ccccc1)[C@H]1N[C@@H](C2)[C@H](O)N2C1[C@@H]1SCC(NC(=O)C(F)(F)F)C(=O)OC[C@H]2c2c3c(c(C)c(OC(C)=O)c21)OCO3. The quantitative estimate of drug-likeness (QED) is 0.183. The molecule has 18 heteroatoms. The lowest BCUT2D eigenvalue weighted by atomic mass is 9.74. The smallest absolute Gasteiger partial charge is 0.471 e. The molecule has 8 rings (SSSR count). The molecule has 4 bridgehead atoms. The van der Waals surface area contributed by atoms with Gasteiger partial charge in [-0.2, -0.15) is 13.2 Å². The van der Waals surface area contributed by atoms with Crippen molar-refractivity contribution >= 4 is 41.7 Å². The van der Waals surface area contributed by atoms with Crippen LogP contribution in [0.25, 0.3) is 6.08 Å². The summed E-state index contributed by atoms with van der Waals surface area (Å²) in [6.45, 7) is 3.97. The summed E-state index contributed by atoms with van der Waals surface area (Å²) in [5.74, 6) is -4.22. The van der Waals surface area contributed by atoms with E-state index in [9.17, 15) is 37.5 Å². The molecule has 3 N–H and O–H groups in total. The Morgan fingerprint density at radius 1 is 1.02 bits per heavy atom. The molecule has 2 unspecified atom stereocenters. The van der Waals surface area contributed by atoms with Crippen molar-refractivity contribution in [2.24, 2.45) is 0 Å². The molecule has 0 saturated carbocycles. The number of piperazine rings is 1. The number of nitrogens with zero attached hydrogens (tertiary/aromatic N) is 1. The first-order chi connectivity index (χ1) is 27.7. The Labute approximate surface area is 333 Å². The number of hydrogen-bond acceptors (Lipinski definition) is 14. The Bertz CT molecular complexity index is 2240. The molecule has 58 heavy (non-hydrogen) atoms. The van der Waals surface area contributed by atoms with Crippen LogP contribution < -0.4 is 34.3 Å². The highest BCUT2D eigenvalue weighted by atomic mass is 32.2. The molecule has 14 nitrogen and oxygen atoms in total. The number of thioether (sulfide) groups is 1. The van der Waals surface area contributed by atoms with E-state index < -0.39 is 84.0 Å².